The number of aromatic nitrogens is 4. The minimum absolute atomic E-state index is 0.102. The van der Waals surface area contributed by atoms with Crippen molar-refractivity contribution in [2.75, 3.05) is 30.4 Å². The van der Waals surface area contributed by atoms with Crippen LogP contribution in [0.1, 0.15) is 24.8 Å². The molecule has 2 aliphatic rings. The molecule has 0 spiro atoms. The third kappa shape index (κ3) is 6.24. The Kier molecular flexibility index (Phi) is 7.87. The molecule has 0 bridgehead atoms. The molecule has 4 heterocycles. The molecule has 2 saturated heterocycles. The number of carbonyl (C=O) groups is 1. The Balaban J connectivity index is 1.16. The molecule has 44 heavy (non-hydrogen) atoms. The van der Waals surface area contributed by atoms with E-state index < -0.39 is 0 Å². The summed E-state index contributed by atoms with van der Waals surface area (Å²) < 4.78 is 27.3. The second-order valence-electron chi connectivity index (χ2n) is 11.1. The van der Waals surface area contributed by atoms with Gasteiger partial charge in [-0.25, -0.2) is 14.4 Å². The Labute approximate surface area is 253 Å². The van der Waals surface area contributed by atoms with Crippen LogP contribution in [-0.2, 0) is 16.1 Å². The first kappa shape index (κ1) is 27.9. The van der Waals surface area contributed by atoms with Gasteiger partial charge in [0, 0.05) is 41.1 Å². The molecular formula is C33H32FN7O3. The molecule has 2 fully saturated rings. The summed E-state index contributed by atoms with van der Waals surface area (Å²) in [5.74, 6) is 0.607. The van der Waals surface area contributed by atoms with Crippen LogP contribution in [0, 0.1) is 5.82 Å². The Bertz CT molecular complexity index is 1840. The van der Waals surface area contributed by atoms with Crippen molar-refractivity contribution in [2.45, 2.75) is 38.0 Å². The van der Waals surface area contributed by atoms with Crippen LogP contribution in [0.3, 0.4) is 0 Å². The lowest BCUT2D eigenvalue weighted by molar-refractivity contribution is -0.111. The zero-order valence-corrected chi connectivity index (χ0v) is 24.0. The fourth-order valence-electron chi connectivity index (χ4n) is 5.65. The van der Waals surface area contributed by atoms with Gasteiger partial charge in [0.2, 0.25) is 5.91 Å². The molecule has 224 valence electrons. The fraction of sp³-hybridized carbons (Fsp3) is 0.273. The first-order valence-electron chi connectivity index (χ1n) is 14.8. The number of nitrogens with one attached hydrogen (secondary N) is 3. The van der Waals surface area contributed by atoms with Crippen molar-refractivity contribution >= 4 is 44.9 Å². The average Bonchev–Trinajstić information content (AvgIpc) is 3.80. The van der Waals surface area contributed by atoms with Crippen molar-refractivity contribution in [1.29, 1.82) is 0 Å². The van der Waals surface area contributed by atoms with Crippen molar-refractivity contribution in [3.8, 4) is 5.75 Å². The highest BCUT2D eigenvalue weighted by molar-refractivity contribution is 6.03. The van der Waals surface area contributed by atoms with E-state index >= 15 is 0 Å². The highest BCUT2D eigenvalue weighted by atomic mass is 19.1. The van der Waals surface area contributed by atoms with Gasteiger partial charge in [-0.05, 0) is 61.3 Å². The number of hydrogen-bond donors (Lipinski definition) is 3. The van der Waals surface area contributed by atoms with Gasteiger partial charge in [0.05, 0.1) is 42.7 Å². The van der Waals surface area contributed by atoms with E-state index in [1.165, 1.54) is 18.5 Å². The van der Waals surface area contributed by atoms with Gasteiger partial charge in [0.15, 0.2) is 0 Å². The van der Waals surface area contributed by atoms with E-state index in [0.717, 1.165) is 53.3 Å². The molecule has 10 nitrogen and oxygen atoms in total. The van der Waals surface area contributed by atoms with Gasteiger partial charge in [0.1, 0.15) is 29.8 Å². The summed E-state index contributed by atoms with van der Waals surface area (Å²) >= 11 is 0. The lowest BCUT2D eigenvalue weighted by atomic mass is 10.1. The van der Waals surface area contributed by atoms with E-state index in [4.69, 9.17) is 9.47 Å². The Morgan fingerprint density at radius 1 is 1.16 bits per heavy atom. The fourth-order valence-corrected chi connectivity index (χ4v) is 5.65. The average molecular weight is 594 g/mol. The summed E-state index contributed by atoms with van der Waals surface area (Å²) in [6, 6.07) is 16.3. The Hall–Kier alpha value is -4.87. The topological polar surface area (TPSA) is 115 Å². The third-order valence-corrected chi connectivity index (χ3v) is 7.88. The number of amides is 1. The SMILES string of the molecule is O=C(/C=C/C1CCCN1)Nc1cc2c(Nc3ccc4c(cnn4Cc4cccc(F)c4)c3)ncnc2cc1O[C@H]1CCOC1. The molecule has 1 unspecified atom stereocenters. The van der Waals surface area contributed by atoms with Crippen LogP contribution in [0.15, 0.2) is 79.3 Å². The number of fused-ring (bicyclic) bond motifs is 2. The zero-order valence-electron chi connectivity index (χ0n) is 24.0. The Morgan fingerprint density at radius 3 is 2.95 bits per heavy atom. The van der Waals surface area contributed by atoms with Gasteiger partial charge in [-0.15, -0.1) is 0 Å². The molecule has 2 aliphatic heterocycles. The second kappa shape index (κ2) is 12.4. The summed E-state index contributed by atoms with van der Waals surface area (Å²) in [4.78, 5) is 22.0. The van der Waals surface area contributed by atoms with Gasteiger partial charge in [0.25, 0.3) is 0 Å². The van der Waals surface area contributed by atoms with Crippen molar-refractivity contribution in [1.82, 2.24) is 25.1 Å². The van der Waals surface area contributed by atoms with E-state index in [1.54, 1.807) is 18.3 Å². The minimum atomic E-state index is -0.269. The van der Waals surface area contributed by atoms with E-state index in [2.05, 4.69) is 31.0 Å². The van der Waals surface area contributed by atoms with E-state index in [1.807, 2.05) is 47.2 Å². The summed E-state index contributed by atoms with van der Waals surface area (Å²) in [5.41, 5.74) is 3.77. The summed E-state index contributed by atoms with van der Waals surface area (Å²) in [6.07, 6.45) is 9.55. The van der Waals surface area contributed by atoms with Gasteiger partial charge >= 0.3 is 0 Å². The van der Waals surface area contributed by atoms with Crippen LogP contribution < -0.4 is 20.7 Å². The lowest BCUT2D eigenvalue weighted by Crippen LogP contribution is -2.20. The van der Waals surface area contributed by atoms with Crippen LogP contribution in [0.4, 0.5) is 21.6 Å². The van der Waals surface area contributed by atoms with Gasteiger partial charge in [-0.2, -0.15) is 5.10 Å². The normalized spacial score (nSPS) is 18.4. The molecule has 3 aromatic carbocycles. The largest absolute Gasteiger partial charge is 0.486 e. The van der Waals surface area contributed by atoms with Crippen LogP contribution >= 0.6 is 0 Å². The number of anilines is 3. The van der Waals surface area contributed by atoms with Crippen molar-refractivity contribution in [3.05, 3.63) is 90.7 Å². The number of rotatable bonds is 9. The number of nitrogens with zero attached hydrogens (tertiary/aromatic N) is 4. The predicted octanol–water partition coefficient (Wildman–Crippen LogP) is 5.32. The van der Waals surface area contributed by atoms with Gasteiger partial charge < -0.3 is 25.4 Å². The van der Waals surface area contributed by atoms with Crippen molar-refractivity contribution in [3.63, 3.8) is 0 Å². The van der Waals surface area contributed by atoms with Crippen LogP contribution in [0.25, 0.3) is 21.8 Å². The molecule has 0 aliphatic carbocycles. The first-order chi connectivity index (χ1) is 21.6. The molecule has 2 aromatic heterocycles. The molecule has 7 rings (SSSR count). The minimum Gasteiger partial charge on any atom is -0.486 e. The smallest absolute Gasteiger partial charge is 0.248 e. The molecular weight excluding hydrogens is 561 g/mol. The van der Waals surface area contributed by atoms with Crippen LogP contribution in [0.5, 0.6) is 5.75 Å². The Morgan fingerprint density at radius 2 is 2.11 bits per heavy atom. The van der Waals surface area contributed by atoms with E-state index in [-0.39, 0.29) is 23.9 Å². The van der Waals surface area contributed by atoms with Crippen molar-refractivity contribution in [2.24, 2.45) is 0 Å². The quantitative estimate of drug-likeness (QED) is 0.197. The van der Waals surface area contributed by atoms with Gasteiger partial charge in [-0.3, -0.25) is 9.48 Å². The highest BCUT2D eigenvalue weighted by Gasteiger charge is 2.21. The first-order valence-corrected chi connectivity index (χ1v) is 14.8. The standard InChI is InChI=1S/C33H32FN7O3/c34-23-4-1-3-21(13-23)18-41-30-8-6-25(14-22(30)17-38-41)39-33-27-15-29(40-32(42)9-7-24-5-2-11-35-24)31(16-28(27)36-20-37-33)44-26-10-12-43-19-26/h1,3-4,6-9,13-17,20,24,26,35H,2,5,10-12,18-19H2,(H,40,42)(H,36,37,39)/b9-7+/t24?,26-/m0/s1. The predicted molar refractivity (Wildman–Crippen MR) is 167 cm³/mol. The maximum absolute atomic E-state index is 13.7. The molecule has 5 aromatic rings. The van der Waals surface area contributed by atoms with Gasteiger partial charge in [-0.1, -0.05) is 18.2 Å². The van der Waals surface area contributed by atoms with E-state index in [0.29, 0.717) is 42.5 Å². The molecule has 2 atom stereocenters. The second-order valence-corrected chi connectivity index (χ2v) is 11.1. The molecule has 11 heteroatoms. The molecule has 3 N–H and O–H groups in total. The maximum Gasteiger partial charge on any atom is 0.248 e. The summed E-state index contributed by atoms with van der Waals surface area (Å²) in [7, 11) is 0. The van der Waals surface area contributed by atoms with Crippen LogP contribution in [-0.4, -0.2) is 57.6 Å². The zero-order chi connectivity index (χ0) is 29.9. The number of hydrogen-bond acceptors (Lipinski definition) is 8. The molecule has 0 saturated carbocycles. The maximum atomic E-state index is 13.7. The highest BCUT2D eigenvalue weighted by Crippen LogP contribution is 2.35. The van der Waals surface area contributed by atoms with Crippen LogP contribution in [0.2, 0.25) is 0 Å². The molecule has 1 amide bonds. The third-order valence-electron chi connectivity index (χ3n) is 7.88. The number of ether oxygens (including phenoxy) is 2. The number of benzene rings is 3. The summed E-state index contributed by atoms with van der Waals surface area (Å²) in [5, 5.41) is 15.9. The van der Waals surface area contributed by atoms with E-state index in [9.17, 15) is 9.18 Å². The lowest BCUT2D eigenvalue weighted by Gasteiger charge is -2.18. The van der Waals surface area contributed by atoms with Crippen molar-refractivity contribution < 1.29 is 18.7 Å². The number of halogens is 1. The monoisotopic (exact) mass is 593 g/mol. The number of carbonyl (C=O) groups excluding carboxylic acids is 1. The molecule has 0 radical (unpaired) electrons. The summed E-state index contributed by atoms with van der Waals surface area (Å²) in [6.45, 7) is 2.56.